The quantitative estimate of drug-likeness (QED) is 0.459. The molecule has 6 nitrogen and oxygen atoms in total. The SMILES string of the molecule is O=[N+]([O-])c1cccc(C2SCCN2S(=O)(=O)c2ccc3c4c(cccc24)CC3)c1. The van der Waals surface area contributed by atoms with E-state index >= 15 is 0 Å². The van der Waals surface area contributed by atoms with Crippen molar-refractivity contribution in [2.45, 2.75) is 23.1 Å². The average molecular weight is 427 g/mol. The van der Waals surface area contributed by atoms with Crippen molar-refractivity contribution in [2.75, 3.05) is 12.3 Å². The van der Waals surface area contributed by atoms with E-state index in [1.165, 1.54) is 39.3 Å². The van der Waals surface area contributed by atoms with Gasteiger partial charge in [-0.2, -0.15) is 4.31 Å². The van der Waals surface area contributed by atoms with E-state index in [-0.39, 0.29) is 5.69 Å². The second-order valence-electron chi connectivity index (χ2n) is 7.25. The van der Waals surface area contributed by atoms with Gasteiger partial charge in [0.15, 0.2) is 0 Å². The molecule has 0 saturated carbocycles. The predicted molar refractivity (Wildman–Crippen MR) is 114 cm³/mol. The Morgan fingerprint density at radius 2 is 1.79 bits per heavy atom. The molecule has 1 saturated heterocycles. The van der Waals surface area contributed by atoms with Gasteiger partial charge >= 0.3 is 0 Å². The largest absolute Gasteiger partial charge is 0.269 e. The molecule has 3 aromatic rings. The van der Waals surface area contributed by atoms with Gasteiger partial charge in [0.25, 0.3) is 5.69 Å². The van der Waals surface area contributed by atoms with Crippen LogP contribution in [0.3, 0.4) is 0 Å². The fraction of sp³-hybridized carbons (Fsp3) is 0.238. The molecule has 0 amide bonds. The fourth-order valence-electron chi connectivity index (χ4n) is 4.33. The highest BCUT2D eigenvalue weighted by Gasteiger charge is 2.38. The van der Waals surface area contributed by atoms with Crippen molar-refractivity contribution in [1.82, 2.24) is 4.31 Å². The molecule has 5 rings (SSSR count). The minimum Gasteiger partial charge on any atom is -0.258 e. The molecule has 1 aliphatic heterocycles. The Balaban J connectivity index is 1.61. The van der Waals surface area contributed by atoms with Crippen LogP contribution in [-0.2, 0) is 22.9 Å². The summed E-state index contributed by atoms with van der Waals surface area (Å²) in [5, 5.41) is 12.5. The van der Waals surface area contributed by atoms with Crippen molar-refractivity contribution in [3.05, 3.63) is 81.4 Å². The zero-order valence-corrected chi connectivity index (χ0v) is 17.1. The van der Waals surface area contributed by atoms with Crippen LogP contribution in [0.15, 0.2) is 59.5 Å². The van der Waals surface area contributed by atoms with E-state index < -0.39 is 20.3 Å². The molecule has 1 heterocycles. The van der Waals surface area contributed by atoms with Gasteiger partial charge in [-0.05, 0) is 41.0 Å². The minimum absolute atomic E-state index is 0.0299. The molecule has 1 aliphatic carbocycles. The van der Waals surface area contributed by atoms with Crippen LogP contribution in [0.5, 0.6) is 0 Å². The maximum atomic E-state index is 13.7. The summed E-state index contributed by atoms with van der Waals surface area (Å²) < 4.78 is 28.8. The van der Waals surface area contributed by atoms with Crippen molar-refractivity contribution < 1.29 is 13.3 Å². The van der Waals surface area contributed by atoms with Crippen LogP contribution in [0.2, 0.25) is 0 Å². The lowest BCUT2D eigenvalue weighted by Gasteiger charge is -2.24. The lowest BCUT2D eigenvalue weighted by Crippen LogP contribution is -2.30. The summed E-state index contributed by atoms with van der Waals surface area (Å²) >= 11 is 1.49. The summed E-state index contributed by atoms with van der Waals surface area (Å²) in [6, 6.07) is 15.8. The Kier molecular flexibility index (Phi) is 4.38. The number of benzene rings is 3. The molecule has 1 unspecified atom stereocenters. The molecule has 1 atom stereocenters. The van der Waals surface area contributed by atoms with Crippen LogP contribution in [-0.4, -0.2) is 29.9 Å². The van der Waals surface area contributed by atoms with Crippen molar-refractivity contribution in [3.63, 3.8) is 0 Å². The normalized spacial score (nSPS) is 19.1. The van der Waals surface area contributed by atoms with E-state index in [1.807, 2.05) is 18.2 Å². The number of thioether (sulfide) groups is 1. The Labute approximate surface area is 172 Å². The van der Waals surface area contributed by atoms with Crippen LogP contribution >= 0.6 is 11.8 Å². The Morgan fingerprint density at radius 1 is 1.03 bits per heavy atom. The molecule has 0 spiro atoms. The number of hydrogen-bond donors (Lipinski definition) is 0. The van der Waals surface area contributed by atoms with Gasteiger partial charge < -0.3 is 0 Å². The molecule has 0 radical (unpaired) electrons. The third kappa shape index (κ3) is 2.94. The maximum absolute atomic E-state index is 13.7. The molecule has 2 aliphatic rings. The first-order valence-corrected chi connectivity index (χ1v) is 11.9. The molecular formula is C21H18N2O4S2. The predicted octanol–water partition coefficient (Wildman–Crippen LogP) is 4.28. The number of nitro groups is 1. The lowest BCUT2D eigenvalue weighted by atomic mass is 10.1. The highest BCUT2D eigenvalue weighted by molar-refractivity contribution is 8.01. The van der Waals surface area contributed by atoms with Crippen molar-refractivity contribution >= 4 is 38.2 Å². The van der Waals surface area contributed by atoms with Gasteiger partial charge in [-0.25, -0.2) is 8.42 Å². The number of nitro benzene ring substituents is 1. The van der Waals surface area contributed by atoms with Crippen LogP contribution in [0.25, 0.3) is 10.8 Å². The number of rotatable bonds is 4. The smallest absolute Gasteiger partial charge is 0.258 e. The highest BCUT2D eigenvalue weighted by Crippen LogP contribution is 2.44. The molecule has 8 heteroatoms. The van der Waals surface area contributed by atoms with Gasteiger partial charge in [0, 0.05) is 29.8 Å². The van der Waals surface area contributed by atoms with Gasteiger partial charge in [0.1, 0.15) is 0 Å². The summed E-state index contributed by atoms with van der Waals surface area (Å²) in [5.41, 5.74) is 3.00. The topological polar surface area (TPSA) is 80.5 Å². The number of non-ortho nitro benzene ring substituents is 1. The summed E-state index contributed by atoms with van der Waals surface area (Å²) in [7, 11) is -3.76. The monoisotopic (exact) mass is 426 g/mol. The number of hydrogen-bond acceptors (Lipinski definition) is 5. The molecule has 0 N–H and O–H groups in total. The molecule has 148 valence electrons. The van der Waals surface area contributed by atoms with Crippen LogP contribution < -0.4 is 0 Å². The lowest BCUT2D eigenvalue weighted by molar-refractivity contribution is -0.384. The summed E-state index contributed by atoms with van der Waals surface area (Å²) in [6.45, 7) is 0.378. The maximum Gasteiger partial charge on any atom is 0.269 e. The molecule has 3 aromatic carbocycles. The van der Waals surface area contributed by atoms with E-state index in [1.54, 1.807) is 18.2 Å². The van der Waals surface area contributed by atoms with Crippen molar-refractivity contribution in [1.29, 1.82) is 0 Å². The standard InChI is InChI=1S/C21H18N2O4S2/c24-23(25)17-5-1-4-16(13-17)21-22(11-12-28-21)29(26,27)19-10-9-15-8-7-14-3-2-6-18(19)20(14)15/h1-6,9-10,13,21H,7-8,11-12H2. The Bertz CT molecular complexity index is 1250. The molecule has 0 aromatic heterocycles. The third-order valence-corrected chi connectivity index (χ3v) is 8.96. The molecular weight excluding hydrogens is 408 g/mol. The Hall–Kier alpha value is -2.42. The zero-order valence-electron chi connectivity index (χ0n) is 15.4. The van der Waals surface area contributed by atoms with E-state index in [0.717, 1.165) is 23.6 Å². The van der Waals surface area contributed by atoms with Crippen LogP contribution in [0, 0.1) is 10.1 Å². The third-order valence-electron chi connectivity index (χ3n) is 5.64. The summed E-state index contributed by atoms with van der Waals surface area (Å²) in [5.74, 6) is 0.647. The van der Waals surface area contributed by atoms with Gasteiger partial charge in [0.2, 0.25) is 10.0 Å². The van der Waals surface area contributed by atoms with E-state index in [2.05, 4.69) is 6.07 Å². The number of sulfonamides is 1. The van der Waals surface area contributed by atoms with Crippen molar-refractivity contribution in [3.8, 4) is 0 Å². The first-order chi connectivity index (χ1) is 14.0. The molecule has 29 heavy (non-hydrogen) atoms. The van der Waals surface area contributed by atoms with E-state index in [9.17, 15) is 18.5 Å². The Morgan fingerprint density at radius 3 is 2.59 bits per heavy atom. The zero-order chi connectivity index (χ0) is 20.2. The molecule has 1 fully saturated rings. The van der Waals surface area contributed by atoms with E-state index in [0.29, 0.717) is 22.8 Å². The second kappa shape index (κ2) is 6.83. The minimum atomic E-state index is -3.76. The van der Waals surface area contributed by atoms with Crippen molar-refractivity contribution in [2.24, 2.45) is 0 Å². The first-order valence-electron chi connectivity index (χ1n) is 9.38. The van der Waals surface area contributed by atoms with Gasteiger partial charge in [0.05, 0.1) is 15.2 Å². The van der Waals surface area contributed by atoms with E-state index in [4.69, 9.17) is 0 Å². The summed E-state index contributed by atoms with van der Waals surface area (Å²) in [4.78, 5) is 11.0. The van der Waals surface area contributed by atoms with Crippen LogP contribution in [0.1, 0.15) is 22.1 Å². The highest BCUT2D eigenvalue weighted by atomic mass is 32.2. The number of aryl methyl sites for hydroxylation is 2. The average Bonchev–Trinajstić information content (AvgIpc) is 3.37. The van der Waals surface area contributed by atoms with Crippen LogP contribution in [0.4, 0.5) is 5.69 Å². The van der Waals surface area contributed by atoms with Gasteiger partial charge in [-0.1, -0.05) is 36.4 Å². The van der Waals surface area contributed by atoms with Gasteiger partial charge in [-0.3, -0.25) is 10.1 Å². The molecule has 0 bridgehead atoms. The first kappa shape index (κ1) is 18.6. The fourth-order valence-corrected chi connectivity index (χ4v) is 7.75. The van der Waals surface area contributed by atoms with Gasteiger partial charge in [-0.15, -0.1) is 11.8 Å². The number of nitrogens with zero attached hydrogens (tertiary/aromatic N) is 2. The summed E-state index contributed by atoms with van der Waals surface area (Å²) in [6.07, 6.45) is 1.87. The second-order valence-corrected chi connectivity index (χ2v) is 10.3.